The summed E-state index contributed by atoms with van der Waals surface area (Å²) >= 11 is 0. The van der Waals surface area contributed by atoms with E-state index in [4.69, 9.17) is 9.47 Å². The van der Waals surface area contributed by atoms with E-state index < -0.39 is 0 Å². The van der Waals surface area contributed by atoms with Gasteiger partial charge in [-0.1, -0.05) is 32.9 Å². The highest BCUT2D eigenvalue weighted by atomic mass is 16.5. The van der Waals surface area contributed by atoms with E-state index in [0.29, 0.717) is 18.9 Å². The van der Waals surface area contributed by atoms with Gasteiger partial charge in [-0.2, -0.15) is 0 Å². The Morgan fingerprint density at radius 3 is 2.68 bits per heavy atom. The molecule has 4 heteroatoms. The number of rotatable bonds is 4. The highest BCUT2D eigenvalue weighted by Crippen LogP contribution is 2.30. The molecule has 2 aliphatic heterocycles. The van der Waals surface area contributed by atoms with Crippen LogP contribution in [0.1, 0.15) is 53.4 Å². The molecule has 0 aromatic heterocycles. The zero-order valence-electron chi connectivity index (χ0n) is 14.5. The smallest absolute Gasteiger partial charge is 0.222 e. The van der Waals surface area contributed by atoms with Gasteiger partial charge in [0, 0.05) is 12.5 Å². The van der Waals surface area contributed by atoms with Crippen LogP contribution < -0.4 is 5.32 Å². The van der Waals surface area contributed by atoms with Crippen molar-refractivity contribution in [3.63, 3.8) is 0 Å². The molecule has 2 saturated heterocycles. The molecule has 0 bridgehead atoms. The normalized spacial score (nSPS) is 35.2. The zero-order chi connectivity index (χ0) is 16.3. The quantitative estimate of drug-likeness (QED) is 0.812. The molecule has 0 aliphatic carbocycles. The van der Waals surface area contributed by atoms with E-state index >= 15 is 0 Å². The lowest BCUT2D eigenvalue weighted by molar-refractivity contribution is -0.128. The number of carbonyl (C=O) groups excluding carboxylic acids is 1. The van der Waals surface area contributed by atoms with Crippen molar-refractivity contribution >= 4 is 5.91 Å². The predicted molar refractivity (Wildman–Crippen MR) is 87.6 cm³/mol. The van der Waals surface area contributed by atoms with Crippen LogP contribution in [0.5, 0.6) is 0 Å². The molecule has 4 atom stereocenters. The van der Waals surface area contributed by atoms with E-state index in [1.165, 1.54) is 5.57 Å². The van der Waals surface area contributed by atoms with Crippen molar-refractivity contribution in [1.82, 2.24) is 5.32 Å². The molecule has 4 nitrogen and oxygen atoms in total. The van der Waals surface area contributed by atoms with Crippen LogP contribution >= 0.6 is 0 Å². The van der Waals surface area contributed by atoms with Crippen molar-refractivity contribution in [3.05, 3.63) is 12.2 Å². The van der Waals surface area contributed by atoms with Crippen molar-refractivity contribution in [2.24, 2.45) is 11.3 Å². The summed E-state index contributed by atoms with van der Waals surface area (Å²) in [5.41, 5.74) is 1.46. The summed E-state index contributed by atoms with van der Waals surface area (Å²) in [7, 11) is 0. The minimum absolute atomic E-state index is 0.0371. The third-order valence-electron chi connectivity index (χ3n) is 5.04. The lowest BCUT2D eigenvalue weighted by Crippen LogP contribution is -2.41. The molecule has 1 amide bonds. The molecule has 1 N–H and O–H groups in total. The van der Waals surface area contributed by atoms with Gasteiger partial charge >= 0.3 is 0 Å². The summed E-state index contributed by atoms with van der Waals surface area (Å²) in [6, 6.07) is 0. The predicted octanol–water partition coefficient (Wildman–Crippen LogP) is 3.07. The third kappa shape index (κ3) is 4.82. The first-order valence-corrected chi connectivity index (χ1v) is 8.48. The molecule has 2 heterocycles. The van der Waals surface area contributed by atoms with Gasteiger partial charge in [-0.05, 0) is 31.6 Å². The SMILES string of the molecule is C=C1CC(CC(=O)NCC2CCC(C)(C)CO2)OC(C)[C@@H]1C. The first-order valence-electron chi connectivity index (χ1n) is 8.48. The topological polar surface area (TPSA) is 47.6 Å². The fourth-order valence-corrected chi connectivity index (χ4v) is 3.12. The molecule has 3 unspecified atom stereocenters. The maximum atomic E-state index is 12.1. The van der Waals surface area contributed by atoms with Gasteiger partial charge in [-0.25, -0.2) is 0 Å². The average Bonchev–Trinajstić information content (AvgIpc) is 2.43. The molecular weight excluding hydrogens is 278 g/mol. The fourth-order valence-electron chi connectivity index (χ4n) is 3.12. The van der Waals surface area contributed by atoms with Gasteiger partial charge < -0.3 is 14.8 Å². The van der Waals surface area contributed by atoms with Gasteiger partial charge in [0.25, 0.3) is 0 Å². The molecule has 2 rings (SSSR count). The largest absolute Gasteiger partial charge is 0.376 e. The van der Waals surface area contributed by atoms with Crippen molar-refractivity contribution in [3.8, 4) is 0 Å². The van der Waals surface area contributed by atoms with Crippen molar-refractivity contribution < 1.29 is 14.3 Å². The minimum Gasteiger partial charge on any atom is -0.376 e. The van der Waals surface area contributed by atoms with Crippen LogP contribution in [-0.2, 0) is 14.3 Å². The third-order valence-corrected chi connectivity index (χ3v) is 5.04. The zero-order valence-corrected chi connectivity index (χ0v) is 14.5. The van der Waals surface area contributed by atoms with Gasteiger partial charge in [0.2, 0.25) is 5.91 Å². The van der Waals surface area contributed by atoms with Crippen LogP contribution in [0.25, 0.3) is 0 Å². The van der Waals surface area contributed by atoms with Gasteiger partial charge in [0.15, 0.2) is 0 Å². The Morgan fingerprint density at radius 2 is 2.09 bits per heavy atom. The maximum Gasteiger partial charge on any atom is 0.222 e. The average molecular weight is 309 g/mol. The summed E-state index contributed by atoms with van der Waals surface area (Å²) in [6.45, 7) is 14.1. The number of nitrogens with one attached hydrogen (secondary N) is 1. The molecule has 0 saturated carbocycles. The van der Waals surface area contributed by atoms with Gasteiger partial charge in [0.05, 0.1) is 31.3 Å². The molecular formula is C18H31NO3. The van der Waals surface area contributed by atoms with E-state index in [1.54, 1.807) is 0 Å². The van der Waals surface area contributed by atoms with Crippen molar-refractivity contribution in [2.45, 2.75) is 71.7 Å². The standard InChI is InChI=1S/C18H31NO3/c1-12-8-16(22-14(3)13(12)2)9-17(20)19-10-15-6-7-18(4,5)11-21-15/h13-16H,1,6-11H2,2-5H3,(H,19,20)/t13-,14?,15?,16?/m1/s1. The molecule has 0 aromatic rings. The van der Waals surface area contributed by atoms with Gasteiger partial charge in [0.1, 0.15) is 0 Å². The fraction of sp³-hybridized carbons (Fsp3) is 0.833. The summed E-state index contributed by atoms with van der Waals surface area (Å²) in [5, 5.41) is 2.99. The Bertz CT molecular complexity index is 409. The Balaban J connectivity index is 1.69. The van der Waals surface area contributed by atoms with Crippen LogP contribution in [0.4, 0.5) is 0 Å². The van der Waals surface area contributed by atoms with Crippen LogP contribution in [0.2, 0.25) is 0 Å². The second-order valence-electron chi connectivity index (χ2n) is 7.76. The second kappa shape index (κ2) is 7.14. The molecule has 0 aromatic carbocycles. The maximum absolute atomic E-state index is 12.1. The highest BCUT2D eigenvalue weighted by molar-refractivity contribution is 5.76. The van der Waals surface area contributed by atoms with E-state index in [2.05, 4.69) is 39.6 Å². The molecule has 2 aliphatic rings. The molecule has 0 spiro atoms. The number of carbonyl (C=O) groups is 1. The van der Waals surface area contributed by atoms with Crippen LogP contribution in [0.3, 0.4) is 0 Å². The van der Waals surface area contributed by atoms with Crippen LogP contribution in [-0.4, -0.2) is 37.4 Å². The first-order chi connectivity index (χ1) is 10.3. The summed E-state index contributed by atoms with van der Waals surface area (Å²) < 4.78 is 11.7. The van der Waals surface area contributed by atoms with Crippen LogP contribution in [0, 0.1) is 11.3 Å². The van der Waals surface area contributed by atoms with E-state index in [9.17, 15) is 4.79 Å². The molecule has 2 fully saturated rings. The molecule has 126 valence electrons. The van der Waals surface area contributed by atoms with E-state index in [0.717, 1.165) is 25.9 Å². The Kier molecular flexibility index (Phi) is 5.67. The monoisotopic (exact) mass is 309 g/mol. The summed E-state index contributed by atoms with van der Waals surface area (Å²) in [6.07, 6.45) is 3.61. The summed E-state index contributed by atoms with van der Waals surface area (Å²) in [4.78, 5) is 12.1. The number of hydrogen-bond donors (Lipinski definition) is 1. The Labute approximate surface area is 134 Å². The number of hydrogen-bond acceptors (Lipinski definition) is 3. The van der Waals surface area contributed by atoms with Crippen molar-refractivity contribution in [2.75, 3.05) is 13.2 Å². The first kappa shape index (κ1) is 17.5. The summed E-state index contributed by atoms with van der Waals surface area (Å²) in [5.74, 6) is 0.422. The minimum atomic E-state index is -0.0371. The van der Waals surface area contributed by atoms with Crippen LogP contribution in [0.15, 0.2) is 12.2 Å². The van der Waals surface area contributed by atoms with Gasteiger partial charge in [-0.15, -0.1) is 0 Å². The van der Waals surface area contributed by atoms with Crippen molar-refractivity contribution in [1.29, 1.82) is 0 Å². The second-order valence-corrected chi connectivity index (χ2v) is 7.76. The van der Waals surface area contributed by atoms with E-state index in [1.807, 2.05) is 0 Å². The molecule has 22 heavy (non-hydrogen) atoms. The highest BCUT2D eigenvalue weighted by Gasteiger charge is 2.30. The number of ether oxygens (including phenoxy) is 2. The Hall–Kier alpha value is -0.870. The Morgan fingerprint density at radius 1 is 1.36 bits per heavy atom. The lowest BCUT2D eigenvalue weighted by atomic mass is 9.85. The molecule has 0 radical (unpaired) electrons. The lowest BCUT2D eigenvalue weighted by Gasteiger charge is -2.35. The van der Waals surface area contributed by atoms with E-state index in [-0.39, 0.29) is 29.6 Å². The van der Waals surface area contributed by atoms with Gasteiger partial charge in [-0.3, -0.25) is 4.79 Å². The number of amides is 1.